The average Bonchev–Trinajstić information content (AvgIpc) is 3.14. The summed E-state index contributed by atoms with van der Waals surface area (Å²) in [6, 6.07) is 10.2. The standard InChI is InChI=1S/C22H25N5O4/c1-3-10-22-13-27(12-17(22)19(28)25-21(30)26-22)20(29)16-5-4-11-23-18(16)24-14-6-8-15(31-2)9-7-14/h4-9,11,17H,3,10,12-13H2,1-2H3,(H,23,24)(H2,25,26,28,30). The molecule has 4 rings (SSSR count). The number of methoxy groups -OCH3 is 1. The van der Waals surface area contributed by atoms with Gasteiger partial charge in [0.05, 0.1) is 24.1 Å². The van der Waals surface area contributed by atoms with Crippen molar-refractivity contribution in [1.29, 1.82) is 0 Å². The van der Waals surface area contributed by atoms with Crippen molar-refractivity contribution in [3.8, 4) is 5.75 Å². The van der Waals surface area contributed by atoms with Crippen LogP contribution in [0.3, 0.4) is 0 Å². The van der Waals surface area contributed by atoms with Crippen molar-refractivity contribution in [2.45, 2.75) is 25.3 Å². The molecule has 0 spiro atoms. The molecule has 2 aliphatic rings. The third kappa shape index (κ3) is 3.90. The van der Waals surface area contributed by atoms with Gasteiger partial charge in [-0.1, -0.05) is 13.3 Å². The van der Waals surface area contributed by atoms with Gasteiger partial charge in [0.2, 0.25) is 5.91 Å². The third-order valence-electron chi connectivity index (χ3n) is 5.83. The van der Waals surface area contributed by atoms with E-state index in [0.29, 0.717) is 17.8 Å². The van der Waals surface area contributed by atoms with Gasteiger partial charge in [-0.3, -0.25) is 14.9 Å². The van der Waals surface area contributed by atoms with Crippen molar-refractivity contribution in [1.82, 2.24) is 20.5 Å². The predicted molar refractivity (Wildman–Crippen MR) is 114 cm³/mol. The van der Waals surface area contributed by atoms with Crippen LogP contribution in [0.5, 0.6) is 5.75 Å². The van der Waals surface area contributed by atoms with Gasteiger partial charge < -0.3 is 20.3 Å². The van der Waals surface area contributed by atoms with Gasteiger partial charge in [0.25, 0.3) is 5.91 Å². The molecule has 31 heavy (non-hydrogen) atoms. The van der Waals surface area contributed by atoms with Gasteiger partial charge in [0.1, 0.15) is 11.6 Å². The highest BCUT2D eigenvalue weighted by atomic mass is 16.5. The summed E-state index contributed by atoms with van der Waals surface area (Å²) < 4.78 is 5.17. The number of fused-ring (bicyclic) bond motifs is 1. The van der Waals surface area contributed by atoms with Crippen LogP contribution < -0.4 is 20.7 Å². The Labute approximate surface area is 180 Å². The van der Waals surface area contributed by atoms with Crippen molar-refractivity contribution >= 4 is 29.4 Å². The fraction of sp³-hybridized carbons (Fsp3) is 0.364. The Balaban J connectivity index is 1.59. The Bertz CT molecular complexity index is 1010. The molecule has 1 aromatic heterocycles. The molecule has 3 N–H and O–H groups in total. The fourth-order valence-corrected chi connectivity index (χ4v) is 4.40. The molecule has 162 valence electrons. The van der Waals surface area contributed by atoms with Crippen molar-refractivity contribution < 1.29 is 19.1 Å². The Morgan fingerprint density at radius 3 is 2.77 bits per heavy atom. The summed E-state index contributed by atoms with van der Waals surface area (Å²) in [7, 11) is 1.60. The SMILES string of the molecule is CCCC12CN(C(=O)c3cccnc3Nc3ccc(OC)cc3)CC1C(=O)NC(=O)N2. The first-order chi connectivity index (χ1) is 15.0. The second kappa shape index (κ2) is 8.25. The van der Waals surface area contributed by atoms with E-state index in [-0.39, 0.29) is 24.9 Å². The maximum absolute atomic E-state index is 13.4. The Kier molecular flexibility index (Phi) is 5.50. The molecule has 0 bridgehead atoms. The number of benzene rings is 1. The third-order valence-corrected chi connectivity index (χ3v) is 5.83. The van der Waals surface area contributed by atoms with Crippen molar-refractivity contribution in [3.05, 3.63) is 48.2 Å². The molecule has 1 aromatic carbocycles. The van der Waals surface area contributed by atoms with Crippen LogP contribution in [-0.2, 0) is 4.79 Å². The summed E-state index contributed by atoms with van der Waals surface area (Å²) in [5.74, 6) is 0.0877. The van der Waals surface area contributed by atoms with Gasteiger partial charge in [0, 0.05) is 25.0 Å². The van der Waals surface area contributed by atoms with Crippen molar-refractivity contribution in [2.75, 3.05) is 25.5 Å². The van der Waals surface area contributed by atoms with E-state index in [2.05, 4.69) is 20.9 Å². The summed E-state index contributed by atoms with van der Waals surface area (Å²) in [6.07, 6.45) is 3.01. The van der Waals surface area contributed by atoms with Crippen LogP contribution in [0.4, 0.5) is 16.3 Å². The molecule has 2 atom stereocenters. The van der Waals surface area contributed by atoms with Gasteiger partial charge >= 0.3 is 6.03 Å². The molecule has 9 heteroatoms. The number of imide groups is 1. The van der Waals surface area contributed by atoms with E-state index in [1.165, 1.54) is 0 Å². The number of nitrogens with zero attached hydrogens (tertiary/aromatic N) is 2. The number of carbonyl (C=O) groups excluding carboxylic acids is 3. The molecule has 2 aliphatic heterocycles. The number of carbonyl (C=O) groups is 3. The van der Waals surface area contributed by atoms with Crippen LogP contribution >= 0.6 is 0 Å². The lowest BCUT2D eigenvalue weighted by molar-refractivity contribution is -0.126. The summed E-state index contributed by atoms with van der Waals surface area (Å²) >= 11 is 0. The molecule has 0 radical (unpaired) electrons. The van der Waals surface area contributed by atoms with Crippen LogP contribution in [0.1, 0.15) is 30.1 Å². The van der Waals surface area contributed by atoms with E-state index in [1.807, 2.05) is 31.2 Å². The largest absolute Gasteiger partial charge is 0.497 e. The minimum absolute atomic E-state index is 0.238. The monoisotopic (exact) mass is 423 g/mol. The maximum Gasteiger partial charge on any atom is 0.321 e. The second-order valence-electron chi connectivity index (χ2n) is 7.84. The van der Waals surface area contributed by atoms with E-state index >= 15 is 0 Å². The van der Waals surface area contributed by atoms with Gasteiger partial charge in [-0.15, -0.1) is 0 Å². The number of anilines is 2. The van der Waals surface area contributed by atoms with E-state index in [9.17, 15) is 14.4 Å². The molecule has 0 aliphatic carbocycles. The van der Waals surface area contributed by atoms with Crippen LogP contribution in [0.15, 0.2) is 42.6 Å². The Hall–Kier alpha value is -3.62. The first-order valence-electron chi connectivity index (χ1n) is 10.2. The second-order valence-corrected chi connectivity index (χ2v) is 7.84. The van der Waals surface area contributed by atoms with Crippen LogP contribution in [-0.4, -0.2) is 53.5 Å². The number of hydrogen-bond acceptors (Lipinski definition) is 6. The Morgan fingerprint density at radius 1 is 1.29 bits per heavy atom. The molecule has 2 unspecified atom stereocenters. The topological polar surface area (TPSA) is 113 Å². The van der Waals surface area contributed by atoms with Crippen molar-refractivity contribution in [2.24, 2.45) is 5.92 Å². The lowest BCUT2D eigenvalue weighted by Crippen LogP contribution is -2.66. The maximum atomic E-state index is 13.4. The predicted octanol–water partition coefficient (Wildman–Crippen LogP) is 2.28. The molecular formula is C22H25N5O4. The number of hydrogen-bond donors (Lipinski definition) is 3. The fourth-order valence-electron chi connectivity index (χ4n) is 4.40. The number of ether oxygens (including phenoxy) is 1. The number of urea groups is 1. The molecule has 2 fully saturated rings. The van der Waals surface area contributed by atoms with Gasteiger partial charge in [-0.05, 0) is 42.8 Å². The number of nitrogens with one attached hydrogen (secondary N) is 3. The molecule has 3 heterocycles. The molecule has 2 saturated heterocycles. The highest BCUT2D eigenvalue weighted by molar-refractivity contribution is 6.03. The molecule has 0 saturated carbocycles. The van der Waals surface area contributed by atoms with E-state index in [0.717, 1.165) is 17.9 Å². The van der Waals surface area contributed by atoms with Crippen LogP contribution in [0.25, 0.3) is 0 Å². The summed E-state index contributed by atoms with van der Waals surface area (Å²) in [4.78, 5) is 43.8. The minimum Gasteiger partial charge on any atom is -0.497 e. The number of aromatic nitrogens is 1. The van der Waals surface area contributed by atoms with Crippen LogP contribution in [0.2, 0.25) is 0 Å². The number of amides is 4. The van der Waals surface area contributed by atoms with E-state index in [4.69, 9.17) is 4.74 Å². The summed E-state index contributed by atoms with van der Waals surface area (Å²) in [5, 5.41) is 8.42. The lowest BCUT2D eigenvalue weighted by Gasteiger charge is -2.38. The van der Waals surface area contributed by atoms with Crippen LogP contribution in [0, 0.1) is 5.92 Å². The van der Waals surface area contributed by atoms with Crippen molar-refractivity contribution in [3.63, 3.8) is 0 Å². The zero-order valence-electron chi connectivity index (χ0n) is 17.5. The zero-order valence-corrected chi connectivity index (χ0v) is 17.5. The minimum atomic E-state index is -0.740. The van der Waals surface area contributed by atoms with E-state index in [1.54, 1.807) is 30.3 Å². The lowest BCUT2D eigenvalue weighted by atomic mass is 9.81. The van der Waals surface area contributed by atoms with Gasteiger partial charge in [-0.25, -0.2) is 9.78 Å². The molecule has 4 amide bonds. The first-order valence-corrected chi connectivity index (χ1v) is 10.2. The smallest absolute Gasteiger partial charge is 0.321 e. The summed E-state index contributed by atoms with van der Waals surface area (Å²) in [5.41, 5.74) is 0.420. The quantitative estimate of drug-likeness (QED) is 0.657. The molecule has 2 aromatic rings. The highest BCUT2D eigenvalue weighted by Gasteiger charge is 2.54. The first kappa shape index (κ1) is 20.6. The summed E-state index contributed by atoms with van der Waals surface area (Å²) in [6.45, 7) is 2.51. The molecular weight excluding hydrogens is 398 g/mol. The number of pyridine rings is 1. The number of rotatable bonds is 6. The number of likely N-dealkylation sites (tertiary alicyclic amines) is 1. The van der Waals surface area contributed by atoms with E-state index < -0.39 is 17.5 Å². The average molecular weight is 423 g/mol. The van der Waals surface area contributed by atoms with Gasteiger partial charge in [-0.2, -0.15) is 0 Å². The Morgan fingerprint density at radius 2 is 2.06 bits per heavy atom. The highest BCUT2D eigenvalue weighted by Crippen LogP contribution is 2.35. The zero-order chi connectivity index (χ0) is 22.0. The van der Waals surface area contributed by atoms with Gasteiger partial charge in [0.15, 0.2) is 0 Å². The normalized spacial score (nSPS) is 22.4. The molecule has 9 nitrogen and oxygen atoms in total.